The van der Waals surface area contributed by atoms with Crippen LogP contribution in [0.2, 0.25) is 0 Å². The minimum absolute atomic E-state index is 0.0667. The van der Waals surface area contributed by atoms with Gasteiger partial charge in [-0.3, -0.25) is 14.8 Å². The highest BCUT2D eigenvalue weighted by Gasteiger charge is 2.28. The number of benzene rings is 1. The molecule has 164 valence electrons. The van der Waals surface area contributed by atoms with Gasteiger partial charge in [-0.15, -0.1) is 0 Å². The van der Waals surface area contributed by atoms with Crippen LogP contribution in [0.5, 0.6) is 0 Å². The normalized spacial score (nSPS) is 14.3. The first-order chi connectivity index (χ1) is 16.2. The summed E-state index contributed by atoms with van der Waals surface area (Å²) in [7, 11) is 0. The van der Waals surface area contributed by atoms with E-state index in [1.165, 1.54) is 24.3 Å². The first-order valence-corrected chi connectivity index (χ1v) is 10.9. The van der Waals surface area contributed by atoms with Crippen molar-refractivity contribution in [2.24, 2.45) is 0 Å². The van der Waals surface area contributed by atoms with Crippen LogP contribution >= 0.6 is 0 Å². The molecule has 33 heavy (non-hydrogen) atoms. The van der Waals surface area contributed by atoms with E-state index in [-0.39, 0.29) is 17.6 Å². The lowest BCUT2D eigenvalue weighted by Crippen LogP contribution is -2.38. The number of likely N-dealkylation sites (tertiary alicyclic amines) is 1. The predicted octanol–water partition coefficient (Wildman–Crippen LogP) is 4.76. The molecule has 1 saturated heterocycles. The molecule has 0 unspecified atom stereocenters. The van der Waals surface area contributed by atoms with E-state index in [9.17, 15) is 9.18 Å². The summed E-state index contributed by atoms with van der Waals surface area (Å²) in [5.74, 6) is 0.440. The summed E-state index contributed by atoms with van der Waals surface area (Å²) in [5.41, 5.74) is 4.41. The summed E-state index contributed by atoms with van der Waals surface area (Å²) in [4.78, 5) is 32.5. The molecule has 0 aliphatic carbocycles. The van der Waals surface area contributed by atoms with Gasteiger partial charge in [0.05, 0.1) is 5.69 Å². The number of piperidine rings is 1. The zero-order valence-electron chi connectivity index (χ0n) is 17.9. The molecule has 1 amide bonds. The van der Waals surface area contributed by atoms with E-state index in [1.54, 1.807) is 24.8 Å². The number of rotatable bonds is 4. The molecule has 0 spiro atoms. The van der Waals surface area contributed by atoms with E-state index in [2.05, 4.69) is 15.0 Å². The Bertz CT molecular complexity index is 1240. The van der Waals surface area contributed by atoms with Crippen molar-refractivity contribution in [2.45, 2.75) is 18.8 Å². The van der Waals surface area contributed by atoms with Crippen molar-refractivity contribution >= 4 is 5.91 Å². The molecule has 0 bridgehead atoms. The number of halogens is 1. The molecule has 1 aliphatic heterocycles. The predicted molar refractivity (Wildman–Crippen MR) is 123 cm³/mol. The lowest BCUT2D eigenvalue weighted by atomic mass is 9.88. The number of carbonyl (C=O) groups is 1. The van der Waals surface area contributed by atoms with Gasteiger partial charge in [0.15, 0.2) is 5.82 Å². The van der Waals surface area contributed by atoms with Crippen LogP contribution in [0.1, 0.15) is 34.8 Å². The van der Waals surface area contributed by atoms with Crippen LogP contribution in [0.3, 0.4) is 0 Å². The average molecular weight is 439 g/mol. The maximum absolute atomic E-state index is 13.2. The lowest BCUT2D eigenvalue weighted by molar-refractivity contribution is 0.0712. The summed E-state index contributed by atoms with van der Waals surface area (Å²) in [6.07, 6.45) is 10.4. The minimum Gasteiger partial charge on any atom is -0.339 e. The number of amides is 1. The van der Waals surface area contributed by atoms with E-state index >= 15 is 0 Å². The highest BCUT2D eigenvalue weighted by atomic mass is 19.1. The largest absolute Gasteiger partial charge is 0.339 e. The quantitative estimate of drug-likeness (QED) is 0.459. The van der Waals surface area contributed by atoms with Crippen molar-refractivity contribution in [1.82, 2.24) is 24.8 Å². The van der Waals surface area contributed by atoms with Crippen molar-refractivity contribution in [3.05, 3.63) is 96.6 Å². The van der Waals surface area contributed by atoms with E-state index in [1.807, 2.05) is 35.4 Å². The van der Waals surface area contributed by atoms with E-state index in [4.69, 9.17) is 4.98 Å². The molecule has 1 fully saturated rings. The third-order valence-electron chi connectivity index (χ3n) is 6.01. The van der Waals surface area contributed by atoms with Crippen LogP contribution in [-0.4, -0.2) is 43.8 Å². The van der Waals surface area contributed by atoms with Crippen LogP contribution in [0.4, 0.5) is 4.39 Å². The molecular formula is C26H22FN5O. The molecular weight excluding hydrogens is 417 g/mol. The van der Waals surface area contributed by atoms with Gasteiger partial charge in [0, 0.05) is 66.7 Å². The van der Waals surface area contributed by atoms with E-state index < -0.39 is 0 Å². The molecule has 0 saturated carbocycles. The standard InChI is InChI=1S/C26H22FN5O/c27-22-3-1-21(2-4-22)26(33)32-15-9-19(10-16-32)24-23(18-5-11-28-12-6-18)17-30-25(31-24)20-7-13-29-14-8-20/h1-8,11-14,17,19H,9-10,15-16H2. The lowest BCUT2D eigenvalue weighted by Gasteiger charge is -2.32. The van der Waals surface area contributed by atoms with Crippen molar-refractivity contribution < 1.29 is 9.18 Å². The molecule has 4 aromatic rings. The summed E-state index contributed by atoms with van der Waals surface area (Å²) in [6.45, 7) is 1.23. The first-order valence-electron chi connectivity index (χ1n) is 10.9. The Morgan fingerprint density at radius 3 is 2.09 bits per heavy atom. The van der Waals surface area contributed by atoms with Crippen molar-refractivity contribution in [3.8, 4) is 22.5 Å². The maximum atomic E-state index is 13.2. The zero-order valence-corrected chi connectivity index (χ0v) is 17.9. The molecule has 7 heteroatoms. The first kappa shape index (κ1) is 20.9. The number of carbonyl (C=O) groups excluding carboxylic acids is 1. The molecule has 6 nitrogen and oxygen atoms in total. The molecule has 5 rings (SSSR count). The number of hydrogen-bond acceptors (Lipinski definition) is 5. The molecule has 1 aromatic carbocycles. The maximum Gasteiger partial charge on any atom is 0.253 e. The van der Waals surface area contributed by atoms with Gasteiger partial charge in [0.2, 0.25) is 0 Å². The Morgan fingerprint density at radius 1 is 0.848 bits per heavy atom. The van der Waals surface area contributed by atoms with Crippen LogP contribution in [-0.2, 0) is 0 Å². The number of pyridine rings is 2. The zero-order chi connectivity index (χ0) is 22.6. The monoisotopic (exact) mass is 439 g/mol. The van der Waals surface area contributed by atoms with Crippen molar-refractivity contribution in [1.29, 1.82) is 0 Å². The third-order valence-corrected chi connectivity index (χ3v) is 6.01. The van der Waals surface area contributed by atoms with Crippen LogP contribution in [0, 0.1) is 5.82 Å². The number of nitrogens with zero attached hydrogens (tertiary/aromatic N) is 5. The second-order valence-electron chi connectivity index (χ2n) is 8.04. The Kier molecular flexibility index (Phi) is 5.85. The Hall–Kier alpha value is -4.00. The van der Waals surface area contributed by atoms with Gasteiger partial charge in [0.1, 0.15) is 5.82 Å². The molecule has 0 atom stereocenters. The fourth-order valence-corrected chi connectivity index (χ4v) is 4.23. The number of hydrogen-bond donors (Lipinski definition) is 0. The van der Waals surface area contributed by atoms with Gasteiger partial charge >= 0.3 is 0 Å². The smallest absolute Gasteiger partial charge is 0.253 e. The van der Waals surface area contributed by atoms with Gasteiger partial charge in [-0.25, -0.2) is 14.4 Å². The molecule has 4 heterocycles. The van der Waals surface area contributed by atoms with E-state index in [0.29, 0.717) is 24.5 Å². The molecule has 0 N–H and O–H groups in total. The minimum atomic E-state index is -0.345. The van der Waals surface area contributed by atoms with Crippen molar-refractivity contribution in [2.75, 3.05) is 13.1 Å². The summed E-state index contributed by atoms with van der Waals surface area (Å²) in [6, 6.07) is 13.4. The second-order valence-corrected chi connectivity index (χ2v) is 8.04. The van der Waals surface area contributed by atoms with Crippen LogP contribution in [0.15, 0.2) is 79.5 Å². The van der Waals surface area contributed by atoms with Gasteiger partial charge in [-0.1, -0.05) is 0 Å². The Balaban J connectivity index is 1.42. The highest BCUT2D eigenvalue weighted by Crippen LogP contribution is 2.35. The number of aromatic nitrogens is 4. The second kappa shape index (κ2) is 9.24. The third kappa shape index (κ3) is 4.48. The van der Waals surface area contributed by atoms with Gasteiger partial charge in [-0.05, 0) is 66.9 Å². The van der Waals surface area contributed by atoms with Gasteiger partial charge < -0.3 is 4.90 Å². The molecule has 0 radical (unpaired) electrons. The van der Waals surface area contributed by atoms with Crippen LogP contribution < -0.4 is 0 Å². The Morgan fingerprint density at radius 2 is 1.45 bits per heavy atom. The fraction of sp³-hybridized carbons (Fsp3) is 0.192. The SMILES string of the molecule is O=C(c1ccc(F)cc1)N1CCC(c2nc(-c3ccncc3)ncc2-c2ccncc2)CC1. The molecule has 1 aliphatic rings. The molecule has 3 aromatic heterocycles. The summed E-state index contributed by atoms with van der Waals surface area (Å²) < 4.78 is 13.2. The van der Waals surface area contributed by atoms with Crippen LogP contribution in [0.25, 0.3) is 22.5 Å². The average Bonchev–Trinajstić information content (AvgIpc) is 2.89. The topological polar surface area (TPSA) is 71.9 Å². The van der Waals surface area contributed by atoms with Crippen molar-refractivity contribution in [3.63, 3.8) is 0 Å². The van der Waals surface area contributed by atoms with Gasteiger partial charge in [-0.2, -0.15) is 0 Å². The highest BCUT2D eigenvalue weighted by molar-refractivity contribution is 5.94. The summed E-state index contributed by atoms with van der Waals surface area (Å²) in [5, 5.41) is 0. The fourth-order valence-electron chi connectivity index (χ4n) is 4.23. The summed E-state index contributed by atoms with van der Waals surface area (Å²) >= 11 is 0. The van der Waals surface area contributed by atoms with Gasteiger partial charge in [0.25, 0.3) is 5.91 Å². The Labute approximate surface area is 191 Å². The van der Waals surface area contributed by atoms with E-state index in [0.717, 1.165) is 35.2 Å².